The van der Waals surface area contributed by atoms with Crippen LogP contribution in [0, 0.1) is 0 Å². The minimum atomic E-state index is -0.336. The average Bonchev–Trinajstić information content (AvgIpc) is 3.20. The lowest BCUT2D eigenvalue weighted by Gasteiger charge is -2.31. The van der Waals surface area contributed by atoms with Gasteiger partial charge in [0.05, 0.1) is 5.69 Å². The smallest absolute Gasteiger partial charge is 0.265 e. The van der Waals surface area contributed by atoms with Crippen LogP contribution >= 0.6 is 0 Å². The van der Waals surface area contributed by atoms with Gasteiger partial charge in [-0.3, -0.25) is 24.1 Å². The Labute approximate surface area is 316 Å². The number of fused-ring (bicyclic) bond motifs is 2. The van der Waals surface area contributed by atoms with Gasteiger partial charge in [0.15, 0.2) is 0 Å². The number of rotatable bonds is 13. The van der Waals surface area contributed by atoms with Crippen LogP contribution < -0.4 is 9.80 Å². The minimum Gasteiger partial charge on any atom is -0.372 e. The Bertz CT molecular complexity index is 2340. The summed E-state index contributed by atoms with van der Waals surface area (Å²) in [5.41, 5.74) is 3.76. The van der Waals surface area contributed by atoms with E-state index in [4.69, 9.17) is 0 Å². The van der Waals surface area contributed by atoms with Crippen LogP contribution in [0.1, 0.15) is 132 Å². The number of amides is 4. The van der Waals surface area contributed by atoms with Crippen LogP contribution in [-0.4, -0.2) is 48.2 Å². The van der Waals surface area contributed by atoms with E-state index in [1.165, 1.54) is 74.0 Å². The third kappa shape index (κ3) is 5.54. The van der Waals surface area contributed by atoms with Crippen molar-refractivity contribution in [1.29, 1.82) is 0 Å². The highest BCUT2D eigenvalue weighted by Crippen LogP contribution is 2.46. The molecular weight excluding hydrogens is 671 g/mol. The third-order valence-electron chi connectivity index (χ3n) is 12.3. The zero-order chi connectivity index (χ0) is 36.9. The monoisotopic (exact) mass is 717 g/mol. The fourth-order valence-electron chi connectivity index (χ4n) is 9.48. The predicted molar refractivity (Wildman–Crippen MR) is 219 cm³/mol. The second kappa shape index (κ2) is 14.2. The summed E-state index contributed by atoms with van der Waals surface area (Å²) in [6.45, 7) is 4.70. The van der Waals surface area contributed by atoms with Gasteiger partial charge in [0.25, 0.3) is 23.6 Å². The molecule has 0 unspecified atom stereocenters. The summed E-state index contributed by atoms with van der Waals surface area (Å²) in [4.78, 5) is 61.4. The molecule has 9 rings (SSSR count). The van der Waals surface area contributed by atoms with Crippen LogP contribution in [0.15, 0.2) is 72.8 Å². The highest BCUT2D eigenvalue weighted by molar-refractivity contribution is 6.43. The van der Waals surface area contributed by atoms with E-state index < -0.39 is 0 Å². The van der Waals surface area contributed by atoms with Crippen molar-refractivity contribution in [2.24, 2.45) is 0 Å². The molecule has 3 aliphatic heterocycles. The van der Waals surface area contributed by atoms with Crippen LogP contribution in [0.25, 0.3) is 43.1 Å². The maximum absolute atomic E-state index is 14.2. The van der Waals surface area contributed by atoms with Crippen LogP contribution in [0.4, 0.5) is 11.4 Å². The Morgan fingerprint density at radius 2 is 0.833 bits per heavy atom. The van der Waals surface area contributed by atoms with E-state index in [1.54, 1.807) is 0 Å². The van der Waals surface area contributed by atoms with Crippen LogP contribution in [0.3, 0.4) is 0 Å². The maximum Gasteiger partial charge on any atom is 0.265 e. The first-order valence-electron chi connectivity index (χ1n) is 20.3. The van der Waals surface area contributed by atoms with Crippen molar-refractivity contribution in [3.63, 3.8) is 0 Å². The van der Waals surface area contributed by atoms with Crippen molar-refractivity contribution in [2.45, 2.75) is 90.4 Å². The molecule has 1 fully saturated rings. The van der Waals surface area contributed by atoms with Gasteiger partial charge in [-0.05, 0) is 107 Å². The van der Waals surface area contributed by atoms with Gasteiger partial charge < -0.3 is 4.90 Å². The van der Waals surface area contributed by atoms with Crippen LogP contribution in [0.5, 0.6) is 0 Å². The number of anilines is 2. The molecule has 0 aliphatic carbocycles. The lowest BCUT2D eigenvalue weighted by Crippen LogP contribution is -2.41. The van der Waals surface area contributed by atoms with E-state index in [0.717, 1.165) is 70.4 Å². The number of hydrogen-bond donors (Lipinski definition) is 0. The summed E-state index contributed by atoms with van der Waals surface area (Å²) >= 11 is 0. The molecule has 3 aliphatic rings. The van der Waals surface area contributed by atoms with Crippen molar-refractivity contribution >= 4 is 78.1 Å². The van der Waals surface area contributed by atoms with Crippen molar-refractivity contribution in [3.05, 3.63) is 95.1 Å². The number of unbranched alkanes of at least 4 members (excludes halogenated alkanes) is 9. The number of piperidine rings is 1. The van der Waals surface area contributed by atoms with Gasteiger partial charge in [-0.25, -0.2) is 4.90 Å². The van der Waals surface area contributed by atoms with Gasteiger partial charge in [0.1, 0.15) is 0 Å². The largest absolute Gasteiger partial charge is 0.372 e. The van der Waals surface area contributed by atoms with Crippen molar-refractivity contribution in [1.82, 2.24) is 4.90 Å². The van der Waals surface area contributed by atoms with E-state index in [1.807, 2.05) is 72.8 Å². The number of imide groups is 2. The molecule has 3 heterocycles. The molecule has 0 spiro atoms. The predicted octanol–water partition coefficient (Wildman–Crippen LogP) is 11.0. The molecule has 0 N–H and O–H groups in total. The Balaban J connectivity index is 1.02. The fourth-order valence-corrected chi connectivity index (χ4v) is 9.48. The summed E-state index contributed by atoms with van der Waals surface area (Å²) in [5.74, 6) is -1.14. The third-order valence-corrected chi connectivity index (χ3v) is 12.3. The quantitative estimate of drug-likeness (QED) is 0.0514. The van der Waals surface area contributed by atoms with Gasteiger partial charge in [-0.1, -0.05) is 89.0 Å². The number of carbonyl (C=O) groups is 4. The normalized spacial score (nSPS) is 16.0. The molecule has 0 atom stereocenters. The van der Waals surface area contributed by atoms with Crippen LogP contribution in [0.2, 0.25) is 0 Å². The van der Waals surface area contributed by atoms with Gasteiger partial charge in [-0.15, -0.1) is 0 Å². The highest BCUT2D eigenvalue weighted by Gasteiger charge is 2.37. The van der Waals surface area contributed by atoms with E-state index >= 15 is 0 Å². The van der Waals surface area contributed by atoms with E-state index in [9.17, 15) is 19.2 Å². The maximum atomic E-state index is 14.2. The molecule has 4 amide bonds. The lowest BCUT2D eigenvalue weighted by molar-refractivity contribution is 0.0607. The molecule has 0 aromatic heterocycles. The summed E-state index contributed by atoms with van der Waals surface area (Å²) in [6, 6.07) is 23.1. The highest BCUT2D eigenvalue weighted by atomic mass is 16.2. The van der Waals surface area contributed by atoms with Gasteiger partial charge in [-0.2, -0.15) is 0 Å². The SMILES string of the molecule is CCCCCCCCCCCCN1C(=O)c2ccc3c4ccc5c6c(ccc(c7ccc(c2c37)C1=O)c64)C(=O)N(c1ccc(N2CCCCC2)cc1)C5=O. The van der Waals surface area contributed by atoms with Gasteiger partial charge >= 0.3 is 0 Å². The van der Waals surface area contributed by atoms with Crippen LogP contribution in [-0.2, 0) is 0 Å². The molecule has 7 heteroatoms. The van der Waals surface area contributed by atoms with Gasteiger partial charge in [0.2, 0.25) is 0 Å². The Morgan fingerprint density at radius 1 is 0.426 bits per heavy atom. The number of benzene rings is 6. The first-order valence-corrected chi connectivity index (χ1v) is 20.3. The van der Waals surface area contributed by atoms with E-state index in [-0.39, 0.29) is 23.6 Å². The Hall–Kier alpha value is -5.30. The molecular formula is C47H47N3O4. The number of hydrogen-bond acceptors (Lipinski definition) is 5. The number of nitrogens with zero attached hydrogens (tertiary/aromatic N) is 3. The fraction of sp³-hybridized carbons (Fsp3) is 0.362. The summed E-state index contributed by atoms with van der Waals surface area (Å²) in [5, 5.41) is 6.70. The Kier molecular flexibility index (Phi) is 9.04. The summed E-state index contributed by atoms with van der Waals surface area (Å²) in [7, 11) is 0. The molecule has 6 aromatic carbocycles. The second-order valence-electron chi connectivity index (χ2n) is 15.6. The number of carbonyl (C=O) groups excluding carboxylic acids is 4. The van der Waals surface area contributed by atoms with Gasteiger partial charge in [0, 0.05) is 58.3 Å². The topological polar surface area (TPSA) is 78.0 Å². The lowest BCUT2D eigenvalue weighted by atomic mass is 9.82. The molecule has 274 valence electrons. The van der Waals surface area contributed by atoms with E-state index in [0.29, 0.717) is 45.3 Å². The Morgan fingerprint density at radius 3 is 1.30 bits per heavy atom. The summed E-state index contributed by atoms with van der Waals surface area (Å²) < 4.78 is 0. The molecule has 6 aromatic rings. The van der Waals surface area contributed by atoms with Crippen molar-refractivity contribution < 1.29 is 19.2 Å². The zero-order valence-corrected chi connectivity index (χ0v) is 31.2. The molecule has 54 heavy (non-hydrogen) atoms. The molecule has 0 bridgehead atoms. The molecule has 0 radical (unpaired) electrons. The van der Waals surface area contributed by atoms with Crippen molar-refractivity contribution in [2.75, 3.05) is 29.4 Å². The summed E-state index contributed by atoms with van der Waals surface area (Å²) in [6.07, 6.45) is 15.5. The minimum absolute atomic E-state index is 0.233. The average molecular weight is 718 g/mol. The molecule has 1 saturated heterocycles. The first kappa shape index (κ1) is 34.5. The molecule has 7 nitrogen and oxygen atoms in total. The first-order chi connectivity index (χ1) is 26.5. The van der Waals surface area contributed by atoms with E-state index in [2.05, 4.69) is 11.8 Å². The standard InChI is InChI=1S/C47H47N3O4/c1-2-3-4-5-6-7-8-9-10-14-29-49-44(51)36-23-19-32-34-21-25-38-43-39(26-22-35(41(34)43)33-20-24-37(45(49)52)42(36)40(32)33)47(54)50(46(38)53)31-17-15-30(16-18-31)48-27-12-11-13-28-48/h15-26H,2-14,27-29H2,1H3. The second-order valence-corrected chi connectivity index (χ2v) is 15.6. The molecule has 0 saturated carbocycles. The zero-order valence-electron chi connectivity index (χ0n) is 31.2. The van der Waals surface area contributed by atoms with Crippen molar-refractivity contribution in [3.8, 4) is 0 Å².